The number of anilines is 1. The third-order valence-electron chi connectivity index (χ3n) is 6.38. The van der Waals surface area contributed by atoms with Gasteiger partial charge in [0.25, 0.3) is 0 Å². The Morgan fingerprint density at radius 2 is 1.55 bits per heavy atom. The fourth-order valence-electron chi connectivity index (χ4n) is 4.47. The van der Waals surface area contributed by atoms with Crippen molar-refractivity contribution >= 4 is 11.6 Å². The highest BCUT2D eigenvalue weighted by molar-refractivity contribution is 5.96. The summed E-state index contributed by atoms with van der Waals surface area (Å²) in [6.07, 6.45) is 4.39. The van der Waals surface area contributed by atoms with Crippen LogP contribution in [0.4, 0.5) is 5.69 Å². The molecule has 3 nitrogen and oxygen atoms in total. The average molecular weight is 414 g/mol. The largest absolute Gasteiger partial charge is 0.457 e. The lowest BCUT2D eigenvalue weighted by Crippen LogP contribution is -2.35. The summed E-state index contributed by atoms with van der Waals surface area (Å²) < 4.78 is 5.93. The number of nitrogens with zero attached hydrogens (tertiary/aromatic N) is 1. The second-order valence-electron chi connectivity index (χ2n) is 8.44. The highest BCUT2D eigenvalue weighted by Crippen LogP contribution is 2.35. The van der Waals surface area contributed by atoms with Crippen molar-refractivity contribution in [3.8, 4) is 22.6 Å². The van der Waals surface area contributed by atoms with Crippen molar-refractivity contribution in [1.82, 2.24) is 0 Å². The van der Waals surface area contributed by atoms with Gasteiger partial charge in [-0.15, -0.1) is 0 Å². The normalized spacial score (nSPS) is 13.9. The Morgan fingerprint density at radius 3 is 2.19 bits per heavy atom. The van der Waals surface area contributed by atoms with Gasteiger partial charge < -0.3 is 9.64 Å². The monoisotopic (exact) mass is 413 g/mol. The molecule has 0 radical (unpaired) electrons. The lowest BCUT2D eigenvalue weighted by Gasteiger charge is -2.27. The molecule has 160 valence electrons. The molecule has 0 saturated heterocycles. The molecule has 1 aliphatic rings. The Morgan fingerprint density at radius 1 is 0.903 bits per heavy atom. The van der Waals surface area contributed by atoms with Crippen LogP contribution in [0.2, 0.25) is 0 Å². The smallest absolute Gasteiger partial charge is 0.230 e. The van der Waals surface area contributed by atoms with Crippen molar-refractivity contribution in [1.29, 1.82) is 0 Å². The molecule has 31 heavy (non-hydrogen) atoms. The van der Waals surface area contributed by atoms with E-state index < -0.39 is 0 Å². The van der Waals surface area contributed by atoms with Crippen LogP contribution < -0.4 is 9.64 Å². The molecule has 0 aromatic heterocycles. The third kappa shape index (κ3) is 4.66. The van der Waals surface area contributed by atoms with Crippen molar-refractivity contribution < 1.29 is 9.53 Å². The number of benzene rings is 3. The van der Waals surface area contributed by atoms with Crippen LogP contribution in [0.3, 0.4) is 0 Å². The Bertz CT molecular complexity index is 1030. The van der Waals surface area contributed by atoms with Gasteiger partial charge in [-0.3, -0.25) is 4.79 Å². The van der Waals surface area contributed by atoms with Gasteiger partial charge >= 0.3 is 0 Å². The van der Waals surface area contributed by atoms with Gasteiger partial charge in [0.15, 0.2) is 0 Å². The predicted octanol–water partition coefficient (Wildman–Crippen LogP) is 7.31. The van der Waals surface area contributed by atoms with Crippen molar-refractivity contribution in [3.05, 3.63) is 77.9 Å². The minimum Gasteiger partial charge on any atom is -0.457 e. The number of carbonyl (C=O) groups excluding carboxylic acids is 1. The van der Waals surface area contributed by atoms with Crippen LogP contribution in [0, 0.1) is 19.8 Å². The van der Waals surface area contributed by atoms with Crippen LogP contribution in [0.1, 0.15) is 43.7 Å². The maximum absolute atomic E-state index is 13.2. The molecular weight excluding hydrogens is 382 g/mol. The number of amides is 1. The predicted molar refractivity (Wildman–Crippen MR) is 128 cm³/mol. The zero-order valence-electron chi connectivity index (χ0n) is 18.7. The number of carbonyl (C=O) groups is 1. The third-order valence-corrected chi connectivity index (χ3v) is 6.38. The first kappa shape index (κ1) is 21.2. The van der Waals surface area contributed by atoms with Gasteiger partial charge in [-0.1, -0.05) is 49.2 Å². The summed E-state index contributed by atoms with van der Waals surface area (Å²) >= 11 is 0. The summed E-state index contributed by atoms with van der Waals surface area (Å²) in [5.41, 5.74) is 5.67. The second kappa shape index (κ2) is 9.38. The quantitative estimate of drug-likeness (QED) is 0.424. The van der Waals surface area contributed by atoms with Gasteiger partial charge in [-0.2, -0.15) is 0 Å². The van der Waals surface area contributed by atoms with Crippen LogP contribution in [0.5, 0.6) is 11.5 Å². The molecule has 1 saturated carbocycles. The molecule has 0 bridgehead atoms. The lowest BCUT2D eigenvalue weighted by molar-refractivity contribution is -0.122. The zero-order valence-corrected chi connectivity index (χ0v) is 18.7. The molecule has 1 amide bonds. The van der Waals surface area contributed by atoms with Gasteiger partial charge in [-0.25, -0.2) is 0 Å². The Balaban J connectivity index is 1.61. The summed E-state index contributed by atoms with van der Waals surface area (Å²) in [5, 5.41) is 0. The van der Waals surface area contributed by atoms with Crippen molar-refractivity contribution in [2.75, 3.05) is 11.4 Å². The number of aryl methyl sites for hydroxylation is 1. The van der Waals surface area contributed by atoms with Gasteiger partial charge in [-0.05, 0) is 86.2 Å². The summed E-state index contributed by atoms with van der Waals surface area (Å²) in [7, 11) is 0. The van der Waals surface area contributed by atoms with Crippen LogP contribution in [-0.2, 0) is 4.79 Å². The maximum atomic E-state index is 13.2. The van der Waals surface area contributed by atoms with E-state index in [9.17, 15) is 4.79 Å². The Kier molecular flexibility index (Phi) is 6.41. The van der Waals surface area contributed by atoms with E-state index >= 15 is 0 Å². The van der Waals surface area contributed by atoms with Gasteiger partial charge in [0.2, 0.25) is 5.91 Å². The highest BCUT2D eigenvalue weighted by atomic mass is 16.5. The second-order valence-corrected chi connectivity index (χ2v) is 8.44. The average Bonchev–Trinajstić information content (AvgIpc) is 3.33. The zero-order chi connectivity index (χ0) is 21.8. The standard InChI is InChI=1S/C28H31NO2/c1-4-29(28(30)23-10-8-9-11-23)27-19-24(18-20(2)21(27)3)22-14-16-26(17-15-22)31-25-12-6-5-7-13-25/h5-7,12-19,23H,4,8-11H2,1-3H3. The SMILES string of the molecule is CCN(C(=O)C1CCCC1)c1cc(-c2ccc(Oc3ccccc3)cc2)cc(C)c1C. The summed E-state index contributed by atoms with van der Waals surface area (Å²) in [4.78, 5) is 15.2. The highest BCUT2D eigenvalue weighted by Gasteiger charge is 2.28. The minimum atomic E-state index is 0.178. The van der Waals surface area contributed by atoms with Crippen LogP contribution in [-0.4, -0.2) is 12.5 Å². The first-order valence-corrected chi connectivity index (χ1v) is 11.3. The van der Waals surface area contributed by atoms with Gasteiger partial charge in [0.1, 0.15) is 11.5 Å². The molecule has 0 heterocycles. The molecule has 4 rings (SSSR count). The minimum absolute atomic E-state index is 0.178. The van der Waals surface area contributed by atoms with Crippen molar-refractivity contribution in [2.24, 2.45) is 5.92 Å². The van der Waals surface area contributed by atoms with E-state index in [0.29, 0.717) is 6.54 Å². The van der Waals surface area contributed by atoms with E-state index in [1.165, 1.54) is 24.0 Å². The first-order chi connectivity index (χ1) is 15.1. The molecule has 3 aromatic rings. The molecule has 0 unspecified atom stereocenters. The number of para-hydroxylation sites is 1. The fourth-order valence-corrected chi connectivity index (χ4v) is 4.47. The summed E-state index contributed by atoms with van der Waals surface area (Å²) in [6, 6.07) is 22.4. The maximum Gasteiger partial charge on any atom is 0.230 e. The van der Waals surface area contributed by atoms with E-state index in [4.69, 9.17) is 4.74 Å². The summed E-state index contributed by atoms with van der Waals surface area (Å²) in [6.45, 7) is 7.02. The van der Waals surface area contributed by atoms with Crippen LogP contribution >= 0.6 is 0 Å². The van der Waals surface area contributed by atoms with Crippen LogP contribution in [0.25, 0.3) is 11.1 Å². The van der Waals surface area contributed by atoms with E-state index in [1.54, 1.807) is 0 Å². The molecular formula is C28H31NO2. The van der Waals surface area contributed by atoms with Gasteiger partial charge in [0, 0.05) is 18.2 Å². The molecule has 3 heteroatoms. The first-order valence-electron chi connectivity index (χ1n) is 11.3. The van der Waals surface area contributed by atoms with Crippen molar-refractivity contribution in [2.45, 2.75) is 46.5 Å². The molecule has 0 aliphatic heterocycles. The number of rotatable bonds is 6. The van der Waals surface area contributed by atoms with E-state index in [2.05, 4.69) is 45.0 Å². The molecule has 0 atom stereocenters. The molecule has 1 aliphatic carbocycles. The topological polar surface area (TPSA) is 29.5 Å². The molecule has 1 fully saturated rings. The molecule has 0 N–H and O–H groups in total. The fraction of sp³-hybridized carbons (Fsp3) is 0.321. The lowest BCUT2D eigenvalue weighted by atomic mass is 9.97. The van der Waals surface area contributed by atoms with Crippen molar-refractivity contribution in [3.63, 3.8) is 0 Å². The van der Waals surface area contributed by atoms with Gasteiger partial charge in [0.05, 0.1) is 0 Å². The number of ether oxygens (including phenoxy) is 1. The molecule has 0 spiro atoms. The number of hydrogen-bond donors (Lipinski definition) is 0. The van der Waals surface area contributed by atoms with E-state index in [0.717, 1.165) is 41.2 Å². The van der Waals surface area contributed by atoms with E-state index in [1.807, 2.05) is 47.4 Å². The van der Waals surface area contributed by atoms with E-state index in [-0.39, 0.29) is 11.8 Å². The summed E-state index contributed by atoms with van der Waals surface area (Å²) in [5.74, 6) is 2.10. The Hall–Kier alpha value is -3.07. The molecule has 3 aromatic carbocycles. The number of hydrogen-bond acceptors (Lipinski definition) is 2. The Labute approximate surface area is 185 Å². The van der Waals surface area contributed by atoms with Crippen LogP contribution in [0.15, 0.2) is 66.7 Å².